The topological polar surface area (TPSA) is 46.2 Å². The summed E-state index contributed by atoms with van der Waals surface area (Å²) >= 11 is 3.30. The lowest BCUT2D eigenvalue weighted by atomic mass is 10.00. The number of benzene rings is 2. The lowest BCUT2D eigenvalue weighted by Gasteiger charge is -2.16. The van der Waals surface area contributed by atoms with Crippen molar-refractivity contribution < 1.29 is 8.42 Å². The monoisotopic (exact) mass is 381 g/mol. The van der Waals surface area contributed by atoms with Crippen molar-refractivity contribution in [3.8, 4) is 0 Å². The number of sulfonamides is 1. The van der Waals surface area contributed by atoms with Crippen LogP contribution < -0.4 is 4.72 Å². The Labute approximate surface area is 140 Å². The Hall–Kier alpha value is -1.17. The van der Waals surface area contributed by atoms with Gasteiger partial charge < -0.3 is 0 Å². The summed E-state index contributed by atoms with van der Waals surface area (Å²) in [6.45, 7) is 6.12. The van der Waals surface area contributed by atoms with Gasteiger partial charge in [0, 0.05) is 10.5 Å². The van der Waals surface area contributed by atoms with Gasteiger partial charge in [-0.25, -0.2) is 13.1 Å². The molecule has 3 nitrogen and oxygen atoms in total. The minimum Gasteiger partial charge on any atom is -0.207 e. The van der Waals surface area contributed by atoms with Gasteiger partial charge in [0.15, 0.2) is 0 Å². The van der Waals surface area contributed by atoms with Crippen molar-refractivity contribution in [3.63, 3.8) is 0 Å². The third-order valence-corrected chi connectivity index (χ3v) is 5.64. The summed E-state index contributed by atoms with van der Waals surface area (Å²) in [5.74, 6) is 0.462. The maximum atomic E-state index is 12.4. The smallest absolute Gasteiger partial charge is 0.207 e. The van der Waals surface area contributed by atoms with Crippen molar-refractivity contribution in [2.75, 3.05) is 0 Å². The van der Waals surface area contributed by atoms with E-state index in [1.54, 1.807) is 24.3 Å². The van der Waals surface area contributed by atoms with E-state index in [2.05, 4.69) is 34.5 Å². The van der Waals surface area contributed by atoms with E-state index in [0.29, 0.717) is 5.92 Å². The molecular weight excluding hydrogens is 362 g/mol. The van der Waals surface area contributed by atoms with Crippen LogP contribution in [0.15, 0.2) is 57.9 Å². The SMILES string of the molecule is CC(C)c1ccc(C(C)NS(=O)(=O)c2ccc(Br)cc2)cc1. The maximum absolute atomic E-state index is 12.4. The van der Waals surface area contributed by atoms with Crippen molar-refractivity contribution in [1.29, 1.82) is 0 Å². The second-order valence-corrected chi connectivity index (χ2v) is 8.25. The molecule has 22 heavy (non-hydrogen) atoms. The molecule has 0 bridgehead atoms. The van der Waals surface area contributed by atoms with E-state index < -0.39 is 10.0 Å². The van der Waals surface area contributed by atoms with Gasteiger partial charge in [0.25, 0.3) is 0 Å². The predicted octanol–water partition coefficient (Wildman–Crippen LogP) is 4.61. The zero-order valence-electron chi connectivity index (χ0n) is 12.9. The van der Waals surface area contributed by atoms with E-state index in [-0.39, 0.29) is 10.9 Å². The van der Waals surface area contributed by atoms with Crippen LogP contribution in [0.3, 0.4) is 0 Å². The molecule has 1 unspecified atom stereocenters. The first-order valence-corrected chi connectivity index (χ1v) is 9.45. The molecule has 118 valence electrons. The lowest BCUT2D eigenvalue weighted by Crippen LogP contribution is -2.26. The van der Waals surface area contributed by atoms with Gasteiger partial charge in [-0.1, -0.05) is 54.0 Å². The number of halogens is 1. The predicted molar refractivity (Wildman–Crippen MR) is 93.4 cm³/mol. The highest BCUT2D eigenvalue weighted by Crippen LogP contribution is 2.21. The minimum atomic E-state index is -3.52. The van der Waals surface area contributed by atoms with Gasteiger partial charge in [0.2, 0.25) is 10.0 Å². The van der Waals surface area contributed by atoms with Crippen LogP contribution in [0.2, 0.25) is 0 Å². The third-order valence-electron chi connectivity index (χ3n) is 3.56. The van der Waals surface area contributed by atoms with E-state index in [1.165, 1.54) is 5.56 Å². The van der Waals surface area contributed by atoms with Crippen LogP contribution in [0, 0.1) is 0 Å². The largest absolute Gasteiger partial charge is 0.241 e. The summed E-state index contributed by atoms with van der Waals surface area (Å²) in [4.78, 5) is 0.265. The molecule has 2 aromatic rings. The molecule has 0 aliphatic heterocycles. The molecule has 0 fully saturated rings. The Morgan fingerprint density at radius 1 is 0.864 bits per heavy atom. The van der Waals surface area contributed by atoms with E-state index >= 15 is 0 Å². The Bertz CT molecular complexity index is 722. The first kappa shape index (κ1) is 17.2. The van der Waals surface area contributed by atoms with Crippen LogP contribution in [0.5, 0.6) is 0 Å². The van der Waals surface area contributed by atoms with Gasteiger partial charge >= 0.3 is 0 Å². The number of hydrogen-bond donors (Lipinski definition) is 1. The van der Waals surface area contributed by atoms with Crippen LogP contribution in [0.4, 0.5) is 0 Å². The molecule has 0 aliphatic carbocycles. The molecule has 0 aromatic heterocycles. The van der Waals surface area contributed by atoms with E-state index in [4.69, 9.17) is 0 Å². The van der Waals surface area contributed by atoms with Gasteiger partial charge in [-0.15, -0.1) is 0 Å². The molecule has 0 amide bonds. The molecule has 1 atom stereocenters. The summed E-state index contributed by atoms with van der Waals surface area (Å²) in [7, 11) is -3.52. The fourth-order valence-corrected chi connectivity index (χ4v) is 3.65. The summed E-state index contributed by atoms with van der Waals surface area (Å²) in [6, 6.07) is 14.4. The molecule has 1 N–H and O–H groups in total. The molecule has 0 radical (unpaired) electrons. The molecule has 2 aromatic carbocycles. The normalized spacial score (nSPS) is 13.3. The average molecular weight is 382 g/mol. The molecular formula is C17H20BrNO2S. The quantitative estimate of drug-likeness (QED) is 0.821. The van der Waals surface area contributed by atoms with Crippen molar-refractivity contribution in [3.05, 3.63) is 64.1 Å². The van der Waals surface area contributed by atoms with Crippen LogP contribution in [0.1, 0.15) is 43.9 Å². The average Bonchev–Trinajstić information content (AvgIpc) is 2.47. The minimum absolute atomic E-state index is 0.265. The Balaban J connectivity index is 2.16. The van der Waals surface area contributed by atoms with Crippen LogP contribution in [0.25, 0.3) is 0 Å². The van der Waals surface area contributed by atoms with Gasteiger partial charge in [0.05, 0.1) is 4.90 Å². The Morgan fingerprint density at radius 2 is 1.36 bits per heavy atom. The van der Waals surface area contributed by atoms with Crippen molar-refractivity contribution >= 4 is 26.0 Å². The second-order valence-electron chi connectivity index (χ2n) is 5.62. The highest BCUT2D eigenvalue weighted by molar-refractivity contribution is 9.10. The first-order valence-electron chi connectivity index (χ1n) is 7.17. The van der Waals surface area contributed by atoms with Crippen LogP contribution >= 0.6 is 15.9 Å². The number of hydrogen-bond acceptors (Lipinski definition) is 2. The molecule has 0 saturated heterocycles. The van der Waals surface area contributed by atoms with Crippen molar-refractivity contribution in [2.45, 2.75) is 37.6 Å². The van der Waals surface area contributed by atoms with Gasteiger partial charge in [-0.3, -0.25) is 0 Å². The zero-order chi connectivity index (χ0) is 16.3. The number of nitrogens with one attached hydrogen (secondary N) is 1. The first-order chi connectivity index (χ1) is 10.3. The molecule has 0 heterocycles. The summed E-state index contributed by atoms with van der Waals surface area (Å²) < 4.78 is 28.3. The van der Waals surface area contributed by atoms with Crippen LogP contribution in [-0.4, -0.2) is 8.42 Å². The van der Waals surface area contributed by atoms with Gasteiger partial charge in [0.1, 0.15) is 0 Å². The van der Waals surface area contributed by atoms with E-state index in [0.717, 1.165) is 10.0 Å². The molecule has 0 saturated carbocycles. The third kappa shape index (κ3) is 4.18. The van der Waals surface area contributed by atoms with E-state index in [9.17, 15) is 8.42 Å². The number of rotatable bonds is 5. The summed E-state index contributed by atoms with van der Waals surface area (Å²) in [6.07, 6.45) is 0. The lowest BCUT2D eigenvalue weighted by molar-refractivity contribution is 0.567. The fraction of sp³-hybridized carbons (Fsp3) is 0.294. The van der Waals surface area contributed by atoms with E-state index in [1.807, 2.05) is 31.2 Å². The fourth-order valence-electron chi connectivity index (χ4n) is 2.15. The Morgan fingerprint density at radius 3 is 1.86 bits per heavy atom. The molecule has 0 aliphatic rings. The van der Waals surface area contributed by atoms with Gasteiger partial charge in [-0.05, 0) is 48.2 Å². The summed E-state index contributed by atoms with van der Waals surface area (Å²) in [5.41, 5.74) is 2.19. The highest BCUT2D eigenvalue weighted by Gasteiger charge is 2.18. The molecule has 2 rings (SSSR count). The summed E-state index contributed by atoms with van der Waals surface area (Å²) in [5, 5.41) is 0. The van der Waals surface area contributed by atoms with Crippen LogP contribution in [-0.2, 0) is 10.0 Å². The molecule has 0 spiro atoms. The molecule has 5 heteroatoms. The van der Waals surface area contributed by atoms with Crippen molar-refractivity contribution in [2.24, 2.45) is 0 Å². The second kappa shape index (κ2) is 6.94. The standard InChI is InChI=1S/C17H20BrNO2S/c1-12(2)14-4-6-15(7-5-14)13(3)19-22(20,21)17-10-8-16(18)9-11-17/h4-13,19H,1-3H3. The zero-order valence-corrected chi connectivity index (χ0v) is 15.3. The Kier molecular flexibility index (Phi) is 5.42. The highest BCUT2D eigenvalue weighted by atomic mass is 79.9. The van der Waals surface area contributed by atoms with Crippen molar-refractivity contribution in [1.82, 2.24) is 4.72 Å². The maximum Gasteiger partial charge on any atom is 0.241 e. The van der Waals surface area contributed by atoms with Gasteiger partial charge in [-0.2, -0.15) is 0 Å².